The van der Waals surface area contributed by atoms with Gasteiger partial charge >= 0.3 is 0 Å². The third-order valence-electron chi connectivity index (χ3n) is 5.38. The molecule has 3 heteroatoms. The molecule has 134 valence electrons. The maximum atomic E-state index is 9.83. The molecule has 0 fully saturated rings. The van der Waals surface area contributed by atoms with E-state index in [1.807, 2.05) is 25.4 Å². The van der Waals surface area contributed by atoms with E-state index >= 15 is 0 Å². The molecule has 0 bridgehead atoms. The van der Waals surface area contributed by atoms with Crippen LogP contribution in [0.25, 0.3) is 33.2 Å². The Bertz CT molecular complexity index is 1240. The molecule has 0 unspecified atom stereocenters. The van der Waals surface area contributed by atoms with E-state index in [9.17, 15) is 5.26 Å². The van der Waals surface area contributed by atoms with Crippen molar-refractivity contribution >= 4 is 21.9 Å². The van der Waals surface area contributed by atoms with Gasteiger partial charge in [0, 0.05) is 22.9 Å². The summed E-state index contributed by atoms with van der Waals surface area (Å²) in [6.07, 6.45) is 2.04. The largest absolute Gasteiger partial charge is 0.454 e. The highest BCUT2D eigenvalue weighted by Crippen LogP contribution is 2.41. The Hall–Kier alpha value is -3.12. The van der Waals surface area contributed by atoms with Crippen molar-refractivity contribution in [3.05, 3.63) is 64.8 Å². The minimum Gasteiger partial charge on any atom is -0.454 e. The van der Waals surface area contributed by atoms with Gasteiger partial charge < -0.3 is 4.42 Å². The van der Waals surface area contributed by atoms with Gasteiger partial charge in [-0.3, -0.25) is 0 Å². The number of aryl methyl sites for hydroxylation is 3. The zero-order valence-electron chi connectivity index (χ0n) is 16.4. The molecular formula is C24H23N2O+. The van der Waals surface area contributed by atoms with Gasteiger partial charge in [-0.25, -0.2) is 4.57 Å². The summed E-state index contributed by atoms with van der Waals surface area (Å²) in [5, 5.41) is 11.9. The first-order chi connectivity index (χ1) is 12.9. The lowest BCUT2D eigenvalue weighted by atomic mass is 9.93. The van der Waals surface area contributed by atoms with Gasteiger partial charge in [0.2, 0.25) is 5.69 Å². The van der Waals surface area contributed by atoms with Crippen molar-refractivity contribution in [2.45, 2.75) is 33.6 Å². The Morgan fingerprint density at radius 1 is 1.04 bits per heavy atom. The molecule has 0 aliphatic rings. The number of nitrogens with zero attached hydrogens (tertiary/aromatic N) is 2. The van der Waals surface area contributed by atoms with Crippen LogP contribution in [-0.2, 0) is 7.05 Å². The molecule has 2 aromatic carbocycles. The molecule has 2 aromatic heterocycles. The Morgan fingerprint density at radius 3 is 2.48 bits per heavy atom. The fraction of sp³-hybridized carbons (Fsp3) is 0.250. The number of fused-ring (bicyclic) bond motifs is 3. The van der Waals surface area contributed by atoms with Crippen molar-refractivity contribution in [3.8, 4) is 17.3 Å². The third-order valence-corrected chi connectivity index (χ3v) is 5.38. The van der Waals surface area contributed by atoms with Crippen LogP contribution in [0.4, 0.5) is 0 Å². The fourth-order valence-corrected chi connectivity index (χ4v) is 4.09. The van der Waals surface area contributed by atoms with E-state index < -0.39 is 0 Å². The number of hydrogen-bond donors (Lipinski definition) is 0. The van der Waals surface area contributed by atoms with Gasteiger partial charge in [0.25, 0.3) is 0 Å². The van der Waals surface area contributed by atoms with E-state index in [4.69, 9.17) is 4.42 Å². The molecule has 0 saturated carbocycles. The van der Waals surface area contributed by atoms with E-state index in [-0.39, 0.29) is 5.92 Å². The highest BCUT2D eigenvalue weighted by Gasteiger charge is 2.24. The van der Waals surface area contributed by atoms with E-state index in [1.54, 1.807) is 0 Å². The van der Waals surface area contributed by atoms with Gasteiger partial charge in [-0.15, -0.1) is 0 Å². The van der Waals surface area contributed by atoms with Crippen molar-refractivity contribution in [3.63, 3.8) is 0 Å². The minimum atomic E-state index is 0.270. The summed E-state index contributed by atoms with van der Waals surface area (Å²) in [5.41, 5.74) is 7.78. The SMILES string of the molecule is Cc1cc(C)c2c(oc3c(C#N)c(C(C)C)ccc32)c1-c1cccc[n+]1C. The first-order valence-electron chi connectivity index (χ1n) is 9.28. The molecule has 27 heavy (non-hydrogen) atoms. The van der Waals surface area contributed by atoms with Crippen LogP contribution in [0.5, 0.6) is 0 Å². The molecule has 4 rings (SSSR count). The van der Waals surface area contributed by atoms with Gasteiger partial charge in [0.15, 0.2) is 11.8 Å². The Morgan fingerprint density at radius 2 is 1.81 bits per heavy atom. The predicted molar refractivity (Wildman–Crippen MR) is 109 cm³/mol. The van der Waals surface area contributed by atoms with Crippen LogP contribution in [0.1, 0.15) is 42.0 Å². The first-order valence-corrected chi connectivity index (χ1v) is 9.28. The van der Waals surface area contributed by atoms with E-state index in [1.165, 1.54) is 11.1 Å². The summed E-state index contributed by atoms with van der Waals surface area (Å²) >= 11 is 0. The van der Waals surface area contributed by atoms with Crippen LogP contribution in [-0.4, -0.2) is 0 Å². The second-order valence-corrected chi connectivity index (χ2v) is 7.56. The number of furan rings is 1. The van der Waals surface area contributed by atoms with Gasteiger partial charge in [0.05, 0.1) is 11.1 Å². The summed E-state index contributed by atoms with van der Waals surface area (Å²) in [6, 6.07) is 14.9. The monoisotopic (exact) mass is 355 g/mol. The number of rotatable bonds is 2. The van der Waals surface area contributed by atoms with Gasteiger partial charge in [-0.05, 0) is 42.5 Å². The Balaban J connectivity index is 2.21. The Kier molecular flexibility index (Phi) is 4.00. The maximum Gasteiger partial charge on any atom is 0.216 e. The second kappa shape index (κ2) is 6.25. The molecule has 0 aliphatic carbocycles. The van der Waals surface area contributed by atoms with Gasteiger partial charge in [0.1, 0.15) is 18.7 Å². The standard InChI is InChI=1S/C24H23N2O/c1-14(2)17-9-10-18-21-15(3)12-16(4)22(20-8-6-7-11-26(20)5)24(21)27-23(18)19(17)13-25/h6-12,14H,1-5H3/q+1. The first kappa shape index (κ1) is 17.3. The normalized spacial score (nSPS) is 11.4. The molecule has 0 saturated heterocycles. The lowest BCUT2D eigenvalue weighted by Gasteiger charge is -2.08. The smallest absolute Gasteiger partial charge is 0.216 e. The minimum absolute atomic E-state index is 0.270. The summed E-state index contributed by atoms with van der Waals surface area (Å²) in [4.78, 5) is 0. The molecule has 0 atom stereocenters. The highest BCUT2D eigenvalue weighted by atomic mass is 16.3. The molecule has 4 aromatic rings. The van der Waals surface area contributed by atoms with Crippen molar-refractivity contribution < 1.29 is 8.98 Å². The highest BCUT2D eigenvalue weighted by molar-refractivity contribution is 6.12. The molecule has 0 N–H and O–H groups in total. The topological polar surface area (TPSA) is 40.8 Å². The number of pyridine rings is 1. The van der Waals surface area contributed by atoms with Crippen molar-refractivity contribution in [2.24, 2.45) is 7.05 Å². The van der Waals surface area contributed by atoms with Gasteiger partial charge in [-0.2, -0.15) is 5.26 Å². The zero-order valence-corrected chi connectivity index (χ0v) is 16.4. The number of hydrogen-bond acceptors (Lipinski definition) is 2. The average molecular weight is 355 g/mol. The van der Waals surface area contributed by atoms with Gasteiger partial charge in [-0.1, -0.05) is 32.0 Å². The lowest BCUT2D eigenvalue weighted by Crippen LogP contribution is -2.30. The average Bonchev–Trinajstić information content (AvgIpc) is 3.01. The van der Waals surface area contributed by atoms with Crippen LogP contribution in [0.3, 0.4) is 0 Å². The van der Waals surface area contributed by atoms with E-state index in [2.05, 4.69) is 62.6 Å². The molecule has 0 radical (unpaired) electrons. The molecule has 0 spiro atoms. The van der Waals surface area contributed by atoms with Crippen molar-refractivity contribution in [1.29, 1.82) is 5.26 Å². The number of benzene rings is 2. The summed E-state index contributed by atoms with van der Waals surface area (Å²) in [6.45, 7) is 8.44. The number of nitriles is 1. The zero-order chi connectivity index (χ0) is 19.3. The van der Waals surface area contributed by atoms with Crippen molar-refractivity contribution in [1.82, 2.24) is 0 Å². The predicted octanol–water partition coefficient (Wildman–Crippen LogP) is 5.69. The maximum absolute atomic E-state index is 9.83. The number of aromatic nitrogens is 1. The van der Waals surface area contributed by atoms with Crippen LogP contribution in [0.2, 0.25) is 0 Å². The molecule has 0 amide bonds. The lowest BCUT2D eigenvalue weighted by molar-refractivity contribution is -0.660. The second-order valence-electron chi connectivity index (χ2n) is 7.56. The summed E-state index contributed by atoms with van der Waals surface area (Å²) in [5.74, 6) is 0.270. The third kappa shape index (κ3) is 2.52. The van der Waals surface area contributed by atoms with Crippen molar-refractivity contribution in [2.75, 3.05) is 0 Å². The molecule has 3 nitrogen and oxygen atoms in total. The van der Waals surface area contributed by atoms with E-state index in [0.717, 1.165) is 33.2 Å². The fourth-order valence-electron chi connectivity index (χ4n) is 4.09. The molecular weight excluding hydrogens is 332 g/mol. The van der Waals surface area contributed by atoms with Crippen LogP contribution >= 0.6 is 0 Å². The van der Waals surface area contributed by atoms with Crippen LogP contribution < -0.4 is 4.57 Å². The quantitative estimate of drug-likeness (QED) is 0.433. The summed E-state index contributed by atoms with van der Waals surface area (Å²) in [7, 11) is 2.04. The van der Waals surface area contributed by atoms with E-state index in [0.29, 0.717) is 11.1 Å². The molecule has 2 heterocycles. The molecule has 0 aliphatic heterocycles. The van der Waals surface area contributed by atoms with Crippen LogP contribution in [0.15, 0.2) is 47.0 Å². The Labute approximate surface area is 159 Å². The summed E-state index contributed by atoms with van der Waals surface area (Å²) < 4.78 is 8.54. The van der Waals surface area contributed by atoms with Crippen LogP contribution in [0, 0.1) is 25.2 Å².